The first kappa shape index (κ1) is 26.6. The molecule has 0 aliphatic heterocycles. The second-order valence-electron chi connectivity index (χ2n) is 8.02. The highest BCUT2D eigenvalue weighted by Gasteiger charge is 2.62. The van der Waals surface area contributed by atoms with Gasteiger partial charge in [-0.25, -0.2) is 4.39 Å². The zero-order valence-electron chi connectivity index (χ0n) is 19.2. The molecule has 0 aliphatic carbocycles. The van der Waals surface area contributed by atoms with Gasteiger partial charge in [-0.2, -0.15) is 13.2 Å². The molecule has 3 aromatic rings. The second kappa shape index (κ2) is 12.6. The minimum atomic E-state index is -5.27. The van der Waals surface area contributed by atoms with E-state index in [9.17, 15) is 13.2 Å². The summed E-state index contributed by atoms with van der Waals surface area (Å²) in [5, 5.41) is 0. The minimum absolute atomic E-state index is 0.0452. The molecule has 186 valence electrons. The molecule has 0 saturated heterocycles. The Morgan fingerprint density at radius 1 is 0.657 bits per heavy atom. The number of benzene rings is 3. The standard InChI is InChI=1S/C28H28F4O3/c1-2-27(29,28(30,31)32)26(35-20-24-16-10-5-11-17-24)25(34-19-23-14-8-4-9-15-23)21-33-18-22-12-6-3-7-13-22/h2-17,25-26H,1,18-21H2/t25-,26-,27+/m1/s1. The molecule has 0 unspecified atom stereocenters. The van der Waals surface area contributed by atoms with Gasteiger partial charge in [-0.1, -0.05) is 97.6 Å². The van der Waals surface area contributed by atoms with E-state index < -0.39 is 24.1 Å². The molecule has 0 spiro atoms. The van der Waals surface area contributed by atoms with Crippen LogP contribution in [0.15, 0.2) is 104 Å². The molecule has 0 aromatic heterocycles. The van der Waals surface area contributed by atoms with E-state index in [0.29, 0.717) is 5.56 Å². The van der Waals surface area contributed by atoms with Gasteiger partial charge in [0.25, 0.3) is 5.67 Å². The predicted molar refractivity (Wildman–Crippen MR) is 126 cm³/mol. The molecule has 3 atom stereocenters. The van der Waals surface area contributed by atoms with Gasteiger partial charge in [0, 0.05) is 0 Å². The first-order valence-electron chi connectivity index (χ1n) is 11.2. The Morgan fingerprint density at radius 3 is 1.51 bits per heavy atom. The Hall–Kier alpha value is -3.00. The maximum atomic E-state index is 15.6. The molecular formula is C28H28F4O3. The lowest BCUT2D eigenvalue weighted by Gasteiger charge is -2.37. The third-order valence-corrected chi connectivity index (χ3v) is 5.46. The van der Waals surface area contributed by atoms with Gasteiger partial charge in [-0.3, -0.25) is 0 Å². The summed E-state index contributed by atoms with van der Waals surface area (Å²) < 4.78 is 74.6. The molecule has 0 aliphatic rings. The second-order valence-corrected chi connectivity index (χ2v) is 8.02. The summed E-state index contributed by atoms with van der Waals surface area (Å²) in [4.78, 5) is 0. The summed E-state index contributed by atoms with van der Waals surface area (Å²) in [7, 11) is 0. The predicted octanol–water partition coefficient (Wildman–Crippen LogP) is 6.83. The van der Waals surface area contributed by atoms with Crippen LogP contribution in [0.25, 0.3) is 0 Å². The molecule has 7 heteroatoms. The SMILES string of the molecule is C=C[C@](F)([C@H](OCc1ccccc1)[C@@H](COCc1ccccc1)OCc1ccccc1)C(F)(F)F. The summed E-state index contributed by atoms with van der Waals surface area (Å²) in [6, 6.07) is 26.6. The molecule has 0 N–H and O–H groups in total. The fraction of sp³-hybridized carbons (Fsp3) is 0.286. The van der Waals surface area contributed by atoms with Crippen LogP contribution in [0.2, 0.25) is 0 Å². The molecule has 3 rings (SSSR count). The molecule has 0 radical (unpaired) electrons. The van der Waals surface area contributed by atoms with Gasteiger partial charge in [0.1, 0.15) is 12.2 Å². The molecule has 0 bridgehead atoms. The van der Waals surface area contributed by atoms with Crippen molar-refractivity contribution in [2.45, 2.75) is 43.9 Å². The Morgan fingerprint density at radius 2 is 1.09 bits per heavy atom. The lowest BCUT2D eigenvalue weighted by atomic mass is 9.93. The molecular weight excluding hydrogens is 460 g/mol. The molecule has 3 aromatic carbocycles. The molecule has 35 heavy (non-hydrogen) atoms. The summed E-state index contributed by atoms with van der Waals surface area (Å²) in [5.41, 5.74) is -1.73. The van der Waals surface area contributed by atoms with E-state index in [2.05, 4.69) is 6.58 Å². The zero-order chi connectivity index (χ0) is 25.2. The Balaban J connectivity index is 1.86. The van der Waals surface area contributed by atoms with Gasteiger partial charge in [0.15, 0.2) is 0 Å². The number of rotatable bonds is 13. The zero-order valence-corrected chi connectivity index (χ0v) is 19.2. The highest BCUT2D eigenvalue weighted by molar-refractivity contribution is 5.16. The van der Waals surface area contributed by atoms with E-state index in [1.165, 1.54) is 0 Å². The van der Waals surface area contributed by atoms with Crippen molar-refractivity contribution in [1.29, 1.82) is 0 Å². The smallest absolute Gasteiger partial charge is 0.374 e. The molecule has 0 saturated carbocycles. The summed E-state index contributed by atoms with van der Waals surface area (Å²) in [6.07, 6.45) is -8.48. The third kappa shape index (κ3) is 7.49. The van der Waals surface area contributed by atoms with E-state index in [-0.39, 0.29) is 32.5 Å². The molecule has 0 heterocycles. The lowest BCUT2D eigenvalue weighted by Crippen LogP contribution is -2.57. The summed E-state index contributed by atoms with van der Waals surface area (Å²) in [6.45, 7) is 2.64. The van der Waals surface area contributed by atoms with E-state index >= 15 is 4.39 Å². The first-order valence-corrected chi connectivity index (χ1v) is 11.2. The quantitative estimate of drug-likeness (QED) is 0.195. The number of ether oxygens (including phenoxy) is 3. The van der Waals surface area contributed by atoms with Gasteiger partial charge in [-0.05, 0) is 22.8 Å². The van der Waals surface area contributed by atoms with Crippen LogP contribution in [0.3, 0.4) is 0 Å². The average Bonchev–Trinajstić information content (AvgIpc) is 2.87. The van der Waals surface area contributed by atoms with Crippen LogP contribution < -0.4 is 0 Å². The van der Waals surface area contributed by atoms with Crippen LogP contribution in [0.4, 0.5) is 17.6 Å². The van der Waals surface area contributed by atoms with Gasteiger partial charge >= 0.3 is 6.18 Å². The average molecular weight is 489 g/mol. The van der Waals surface area contributed by atoms with Crippen LogP contribution >= 0.6 is 0 Å². The minimum Gasteiger partial charge on any atom is -0.374 e. The molecule has 3 nitrogen and oxygen atoms in total. The van der Waals surface area contributed by atoms with Crippen LogP contribution in [0.1, 0.15) is 16.7 Å². The summed E-state index contributed by atoms with van der Waals surface area (Å²) >= 11 is 0. The van der Waals surface area contributed by atoms with Crippen LogP contribution in [-0.2, 0) is 34.0 Å². The monoisotopic (exact) mass is 488 g/mol. The molecule has 0 amide bonds. The fourth-order valence-electron chi connectivity index (χ4n) is 3.52. The van der Waals surface area contributed by atoms with Crippen molar-refractivity contribution in [1.82, 2.24) is 0 Å². The van der Waals surface area contributed by atoms with Crippen molar-refractivity contribution in [3.8, 4) is 0 Å². The van der Waals surface area contributed by atoms with Crippen LogP contribution in [-0.4, -0.2) is 30.7 Å². The van der Waals surface area contributed by atoms with Crippen LogP contribution in [0, 0.1) is 0 Å². The lowest BCUT2D eigenvalue weighted by molar-refractivity contribution is -0.270. The highest BCUT2D eigenvalue weighted by atomic mass is 19.4. The van der Waals surface area contributed by atoms with Gasteiger partial charge in [0.2, 0.25) is 0 Å². The number of hydrogen-bond donors (Lipinski definition) is 0. The van der Waals surface area contributed by atoms with Crippen molar-refractivity contribution in [2.75, 3.05) is 6.61 Å². The van der Waals surface area contributed by atoms with E-state index in [0.717, 1.165) is 11.1 Å². The van der Waals surface area contributed by atoms with Crippen molar-refractivity contribution in [2.24, 2.45) is 0 Å². The molecule has 0 fully saturated rings. The maximum absolute atomic E-state index is 15.6. The van der Waals surface area contributed by atoms with E-state index in [4.69, 9.17) is 14.2 Å². The number of hydrogen-bond acceptors (Lipinski definition) is 3. The van der Waals surface area contributed by atoms with Gasteiger partial charge in [-0.15, -0.1) is 0 Å². The van der Waals surface area contributed by atoms with Crippen molar-refractivity contribution in [3.05, 3.63) is 120 Å². The largest absolute Gasteiger partial charge is 0.428 e. The van der Waals surface area contributed by atoms with E-state index in [1.54, 1.807) is 54.6 Å². The van der Waals surface area contributed by atoms with Gasteiger partial charge < -0.3 is 14.2 Å². The Labute approximate surface area is 203 Å². The topological polar surface area (TPSA) is 27.7 Å². The van der Waals surface area contributed by atoms with Crippen molar-refractivity contribution >= 4 is 0 Å². The fourth-order valence-corrected chi connectivity index (χ4v) is 3.52. The highest BCUT2D eigenvalue weighted by Crippen LogP contribution is 2.41. The number of alkyl halides is 4. The maximum Gasteiger partial charge on any atom is 0.428 e. The van der Waals surface area contributed by atoms with Crippen molar-refractivity contribution < 1.29 is 31.8 Å². The first-order chi connectivity index (χ1) is 16.8. The summed E-state index contributed by atoms with van der Waals surface area (Å²) in [5.74, 6) is 0. The van der Waals surface area contributed by atoms with Gasteiger partial charge in [0.05, 0.1) is 26.4 Å². The van der Waals surface area contributed by atoms with E-state index in [1.807, 2.05) is 36.4 Å². The normalized spacial score (nSPS) is 15.2. The van der Waals surface area contributed by atoms with Crippen LogP contribution in [0.5, 0.6) is 0 Å². The number of halogens is 4. The Bertz CT molecular complexity index is 1010. The Kier molecular flexibility index (Phi) is 9.60. The van der Waals surface area contributed by atoms with Crippen molar-refractivity contribution in [3.63, 3.8) is 0 Å². The third-order valence-electron chi connectivity index (χ3n) is 5.46.